The lowest BCUT2D eigenvalue weighted by atomic mass is 10.1. The van der Waals surface area contributed by atoms with Gasteiger partial charge in [0.05, 0.1) is 6.10 Å². The quantitative estimate of drug-likeness (QED) is 0.388. The monoisotopic (exact) mass is 241 g/mol. The van der Waals surface area contributed by atoms with Gasteiger partial charge in [-0.2, -0.15) is 0 Å². The van der Waals surface area contributed by atoms with Crippen LogP contribution in [0.1, 0.15) is 28.8 Å². The number of aliphatic hydroxyl groups excluding tert-OH is 2. The van der Waals surface area contributed by atoms with Gasteiger partial charge < -0.3 is 19.7 Å². The van der Waals surface area contributed by atoms with E-state index in [9.17, 15) is 15.0 Å². The van der Waals surface area contributed by atoms with Crippen LogP contribution in [0.5, 0.6) is 0 Å². The smallest absolute Gasteiger partial charge is 0.371 e. The van der Waals surface area contributed by atoms with Crippen LogP contribution < -0.4 is 0 Å². The van der Waals surface area contributed by atoms with Gasteiger partial charge >= 0.3 is 5.97 Å². The topological polar surface area (TPSA) is 140 Å². The van der Waals surface area contributed by atoms with E-state index in [1.165, 1.54) is 12.1 Å². The van der Waals surface area contributed by atoms with E-state index in [1.807, 2.05) is 0 Å². The first-order chi connectivity index (χ1) is 8.06. The van der Waals surface area contributed by atoms with E-state index in [1.54, 1.807) is 0 Å². The number of furan rings is 1. The fourth-order valence-electron chi connectivity index (χ4n) is 1.21. The number of carboxylic acids is 1. The van der Waals surface area contributed by atoms with Crippen LogP contribution in [0.4, 0.5) is 0 Å². The lowest BCUT2D eigenvalue weighted by molar-refractivity contribution is 0.00153. The van der Waals surface area contributed by atoms with Gasteiger partial charge in [-0.05, 0) is 24.1 Å². The van der Waals surface area contributed by atoms with Crippen LogP contribution >= 0.6 is 0 Å². The van der Waals surface area contributed by atoms with Gasteiger partial charge in [0.1, 0.15) is 11.9 Å². The van der Waals surface area contributed by atoms with Crippen LogP contribution in [0.25, 0.3) is 10.4 Å². The van der Waals surface area contributed by atoms with Gasteiger partial charge in [0, 0.05) is 11.5 Å². The van der Waals surface area contributed by atoms with Crippen molar-refractivity contribution in [3.05, 3.63) is 34.1 Å². The van der Waals surface area contributed by atoms with Gasteiger partial charge in [-0.25, -0.2) is 4.79 Å². The number of carbonyl (C=O) groups is 1. The third-order valence-corrected chi connectivity index (χ3v) is 2.08. The summed E-state index contributed by atoms with van der Waals surface area (Å²) in [6, 6.07) is 2.45. The largest absolute Gasteiger partial charge is 0.475 e. The maximum Gasteiger partial charge on any atom is 0.371 e. The minimum atomic E-state index is -1.35. The molecule has 0 aliphatic rings. The minimum absolute atomic E-state index is 0.0290. The summed E-state index contributed by atoms with van der Waals surface area (Å²) in [6.45, 7) is 0.0290. The average molecular weight is 241 g/mol. The molecular weight excluding hydrogens is 230 g/mol. The van der Waals surface area contributed by atoms with Crippen molar-refractivity contribution in [3.8, 4) is 0 Å². The molecule has 3 N–H and O–H groups in total. The maximum absolute atomic E-state index is 10.5. The number of aromatic carboxylic acids is 1. The Morgan fingerprint density at radius 3 is 2.76 bits per heavy atom. The average Bonchev–Trinajstić information content (AvgIpc) is 2.77. The molecule has 1 heterocycles. The third kappa shape index (κ3) is 3.49. The Balaban J connectivity index is 2.64. The fourth-order valence-corrected chi connectivity index (χ4v) is 1.21. The normalized spacial score (nSPS) is 13.8. The zero-order valence-corrected chi connectivity index (χ0v) is 8.72. The second-order valence-electron chi connectivity index (χ2n) is 3.26. The van der Waals surface area contributed by atoms with Gasteiger partial charge in [-0.15, -0.1) is 0 Å². The summed E-state index contributed by atoms with van der Waals surface area (Å²) in [4.78, 5) is 13.0. The molecule has 1 aromatic rings. The predicted octanol–water partition coefficient (Wildman–Crippen LogP) is 1.07. The standard InChI is InChI=1S/C9H11N3O5/c10-12-11-4-3-5(13)8(14)6-1-2-7(17-6)9(15)16/h1-2,5,8,13-14H,3-4H2,(H,15,16). The summed E-state index contributed by atoms with van der Waals surface area (Å²) in [7, 11) is 0. The highest BCUT2D eigenvalue weighted by atomic mass is 16.4. The summed E-state index contributed by atoms with van der Waals surface area (Å²) < 4.78 is 4.82. The molecule has 0 radical (unpaired) electrons. The molecule has 0 spiro atoms. The van der Waals surface area contributed by atoms with Crippen LogP contribution in [0, 0.1) is 0 Å². The second-order valence-corrected chi connectivity index (χ2v) is 3.26. The fraction of sp³-hybridized carbons (Fsp3) is 0.444. The number of hydrogen-bond donors (Lipinski definition) is 3. The van der Waals surface area contributed by atoms with Gasteiger partial charge in [0.15, 0.2) is 0 Å². The molecule has 2 unspecified atom stereocenters. The molecule has 92 valence electrons. The van der Waals surface area contributed by atoms with Crippen LogP contribution in [-0.2, 0) is 0 Å². The highest BCUT2D eigenvalue weighted by molar-refractivity contribution is 5.84. The molecule has 0 aliphatic heterocycles. The molecule has 1 rings (SSSR count). The predicted molar refractivity (Wildman–Crippen MR) is 55.3 cm³/mol. The maximum atomic E-state index is 10.5. The van der Waals surface area contributed by atoms with E-state index in [0.29, 0.717) is 0 Å². The van der Waals surface area contributed by atoms with Crippen molar-refractivity contribution in [2.24, 2.45) is 5.11 Å². The summed E-state index contributed by atoms with van der Waals surface area (Å²) in [6.07, 6.45) is -2.49. The van der Waals surface area contributed by atoms with Crippen molar-refractivity contribution < 1.29 is 24.5 Å². The lowest BCUT2D eigenvalue weighted by Crippen LogP contribution is -2.18. The van der Waals surface area contributed by atoms with Crippen LogP contribution in [0.15, 0.2) is 21.7 Å². The summed E-state index contributed by atoms with van der Waals surface area (Å²) in [5.41, 5.74) is 8.03. The molecular formula is C9H11N3O5. The van der Waals surface area contributed by atoms with E-state index >= 15 is 0 Å². The molecule has 8 nitrogen and oxygen atoms in total. The molecule has 0 bridgehead atoms. The van der Waals surface area contributed by atoms with Crippen molar-refractivity contribution in [1.29, 1.82) is 0 Å². The Bertz CT molecular complexity index is 438. The zero-order valence-electron chi connectivity index (χ0n) is 8.72. The molecule has 0 aromatic carbocycles. The van der Waals surface area contributed by atoms with E-state index < -0.39 is 18.2 Å². The van der Waals surface area contributed by atoms with Crippen molar-refractivity contribution in [2.45, 2.75) is 18.6 Å². The zero-order chi connectivity index (χ0) is 12.8. The Hall–Kier alpha value is -2.02. The number of nitrogens with zero attached hydrogens (tertiary/aromatic N) is 3. The Morgan fingerprint density at radius 1 is 1.53 bits per heavy atom. The third-order valence-electron chi connectivity index (χ3n) is 2.08. The Kier molecular flexibility index (Phi) is 4.53. The van der Waals surface area contributed by atoms with Gasteiger partial charge in [0.2, 0.25) is 5.76 Å². The Labute approximate surface area is 95.7 Å². The molecule has 0 saturated heterocycles. The van der Waals surface area contributed by atoms with E-state index in [0.717, 1.165) is 0 Å². The number of rotatable bonds is 6. The summed E-state index contributed by atoms with van der Waals surface area (Å²) in [5, 5.41) is 30.9. The Morgan fingerprint density at radius 2 is 2.24 bits per heavy atom. The van der Waals surface area contributed by atoms with Crippen LogP contribution in [0.2, 0.25) is 0 Å². The molecule has 0 saturated carbocycles. The van der Waals surface area contributed by atoms with Crippen molar-refractivity contribution in [2.75, 3.05) is 6.54 Å². The summed E-state index contributed by atoms with van der Waals surface area (Å²) >= 11 is 0. The number of azide groups is 1. The molecule has 17 heavy (non-hydrogen) atoms. The lowest BCUT2D eigenvalue weighted by Gasteiger charge is -2.14. The molecule has 0 fully saturated rings. The molecule has 2 atom stereocenters. The minimum Gasteiger partial charge on any atom is -0.475 e. The first-order valence-electron chi connectivity index (χ1n) is 4.76. The SMILES string of the molecule is [N-]=[N+]=NCCC(O)C(O)c1ccc(C(=O)O)o1. The van der Waals surface area contributed by atoms with Crippen LogP contribution in [-0.4, -0.2) is 33.9 Å². The highest BCUT2D eigenvalue weighted by Gasteiger charge is 2.22. The van der Waals surface area contributed by atoms with Gasteiger partial charge in [0.25, 0.3) is 0 Å². The van der Waals surface area contributed by atoms with Crippen molar-refractivity contribution in [1.82, 2.24) is 0 Å². The molecule has 0 aliphatic carbocycles. The van der Waals surface area contributed by atoms with E-state index in [4.69, 9.17) is 15.1 Å². The van der Waals surface area contributed by atoms with Gasteiger partial charge in [-0.1, -0.05) is 5.11 Å². The van der Waals surface area contributed by atoms with Crippen molar-refractivity contribution in [3.63, 3.8) is 0 Å². The number of aliphatic hydroxyl groups is 2. The van der Waals surface area contributed by atoms with Gasteiger partial charge in [-0.3, -0.25) is 0 Å². The first-order valence-corrected chi connectivity index (χ1v) is 4.76. The molecule has 8 heteroatoms. The first kappa shape index (κ1) is 13.0. The number of hydrogen-bond acceptors (Lipinski definition) is 5. The second kappa shape index (κ2) is 5.90. The van der Waals surface area contributed by atoms with Crippen LogP contribution in [0.3, 0.4) is 0 Å². The summed E-state index contributed by atoms with van der Waals surface area (Å²) in [5.74, 6) is -1.62. The van der Waals surface area contributed by atoms with E-state index in [-0.39, 0.29) is 24.5 Å². The highest BCUT2D eigenvalue weighted by Crippen LogP contribution is 2.21. The van der Waals surface area contributed by atoms with Crippen molar-refractivity contribution >= 4 is 5.97 Å². The molecule has 1 aromatic heterocycles. The van der Waals surface area contributed by atoms with E-state index in [2.05, 4.69) is 10.0 Å². The number of carboxylic acid groups (broad SMARTS) is 1. The molecule has 0 amide bonds.